The van der Waals surface area contributed by atoms with E-state index in [-0.39, 0.29) is 18.1 Å². The van der Waals surface area contributed by atoms with Crippen LogP contribution < -0.4 is 11.1 Å². The Morgan fingerprint density at radius 3 is 2.62 bits per heavy atom. The molecule has 0 aromatic heterocycles. The lowest BCUT2D eigenvalue weighted by Gasteiger charge is -2.39. The molecule has 0 saturated heterocycles. The van der Waals surface area contributed by atoms with Crippen LogP contribution in [0.5, 0.6) is 0 Å². The summed E-state index contributed by atoms with van der Waals surface area (Å²) in [4.78, 5) is 12.6. The second-order valence-corrected chi connectivity index (χ2v) is 6.39. The first kappa shape index (κ1) is 15.9. The van der Waals surface area contributed by atoms with E-state index in [1.54, 1.807) is 18.2 Å². The van der Waals surface area contributed by atoms with Crippen molar-refractivity contribution in [3.8, 4) is 0 Å². The van der Waals surface area contributed by atoms with Crippen LogP contribution in [-0.4, -0.2) is 16.4 Å². The van der Waals surface area contributed by atoms with Crippen LogP contribution >= 0.6 is 12.2 Å². The standard InChI is InChI=1S/C16H21FN2OS/c1-11-6-8-16(9-7-11,15(18)21)19-14(20)10-12-4-2-3-5-13(12)17/h2-5,11H,6-10H2,1H3,(H2,18,21)(H,19,20). The van der Waals surface area contributed by atoms with Crippen LogP contribution in [0, 0.1) is 11.7 Å². The van der Waals surface area contributed by atoms with Gasteiger partial charge < -0.3 is 11.1 Å². The van der Waals surface area contributed by atoms with Crippen molar-refractivity contribution < 1.29 is 9.18 Å². The van der Waals surface area contributed by atoms with E-state index in [0.717, 1.165) is 25.7 Å². The zero-order chi connectivity index (χ0) is 15.5. The van der Waals surface area contributed by atoms with E-state index in [2.05, 4.69) is 12.2 Å². The van der Waals surface area contributed by atoms with Crippen LogP contribution in [0.2, 0.25) is 0 Å². The number of nitrogens with one attached hydrogen (secondary N) is 1. The van der Waals surface area contributed by atoms with Gasteiger partial charge in [0.1, 0.15) is 5.82 Å². The number of carbonyl (C=O) groups is 1. The minimum absolute atomic E-state index is 0.00654. The monoisotopic (exact) mass is 308 g/mol. The quantitative estimate of drug-likeness (QED) is 0.841. The first-order valence-corrected chi connectivity index (χ1v) is 7.68. The molecule has 0 atom stereocenters. The topological polar surface area (TPSA) is 55.1 Å². The molecule has 2 rings (SSSR count). The predicted molar refractivity (Wildman–Crippen MR) is 85.4 cm³/mol. The molecule has 21 heavy (non-hydrogen) atoms. The van der Waals surface area contributed by atoms with Crippen molar-refractivity contribution in [2.45, 2.75) is 44.6 Å². The fourth-order valence-corrected chi connectivity index (χ4v) is 3.07. The van der Waals surface area contributed by atoms with Crippen molar-refractivity contribution in [1.29, 1.82) is 0 Å². The van der Waals surface area contributed by atoms with E-state index in [1.807, 2.05) is 0 Å². The first-order chi connectivity index (χ1) is 9.93. The summed E-state index contributed by atoms with van der Waals surface area (Å²) < 4.78 is 13.6. The molecule has 1 fully saturated rings. The third-order valence-corrected chi connectivity index (χ3v) is 4.68. The summed E-state index contributed by atoms with van der Waals surface area (Å²) in [5.74, 6) is 0.0210. The molecule has 3 nitrogen and oxygen atoms in total. The van der Waals surface area contributed by atoms with E-state index in [0.29, 0.717) is 16.5 Å². The molecule has 1 aromatic rings. The Balaban J connectivity index is 2.06. The number of nitrogens with two attached hydrogens (primary N) is 1. The molecule has 1 aromatic carbocycles. The Hall–Kier alpha value is -1.49. The average Bonchev–Trinajstić information content (AvgIpc) is 2.44. The van der Waals surface area contributed by atoms with Crippen LogP contribution in [0.4, 0.5) is 4.39 Å². The van der Waals surface area contributed by atoms with E-state index in [1.165, 1.54) is 6.07 Å². The highest BCUT2D eigenvalue weighted by Gasteiger charge is 2.38. The van der Waals surface area contributed by atoms with Gasteiger partial charge in [-0.1, -0.05) is 37.3 Å². The van der Waals surface area contributed by atoms with Gasteiger partial charge in [0, 0.05) is 0 Å². The van der Waals surface area contributed by atoms with Gasteiger partial charge in [0.25, 0.3) is 0 Å². The van der Waals surface area contributed by atoms with Gasteiger partial charge in [-0.2, -0.15) is 0 Å². The van der Waals surface area contributed by atoms with Crippen LogP contribution in [0.15, 0.2) is 24.3 Å². The molecule has 1 amide bonds. The maximum Gasteiger partial charge on any atom is 0.225 e. The number of carbonyl (C=O) groups excluding carboxylic acids is 1. The van der Waals surface area contributed by atoms with Crippen molar-refractivity contribution in [2.24, 2.45) is 11.7 Å². The molecular formula is C16H21FN2OS. The van der Waals surface area contributed by atoms with Gasteiger partial charge in [0.15, 0.2) is 0 Å². The summed E-state index contributed by atoms with van der Waals surface area (Å²) in [7, 11) is 0. The summed E-state index contributed by atoms with van der Waals surface area (Å²) in [6, 6.07) is 6.30. The second kappa shape index (κ2) is 6.52. The zero-order valence-electron chi connectivity index (χ0n) is 12.2. The molecule has 0 bridgehead atoms. The number of halogens is 1. The zero-order valence-corrected chi connectivity index (χ0v) is 13.0. The van der Waals surface area contributed by atoms with E-state index in [9.17, 15) is 9.18 Å². The molecule has 3 N–H and O–H groups in total. The molecule has 1 aliphatic carbocycles. The number of hydrogen-bond donors (Lipinski definition) is 2. The van der Waals surface area contributed by atoms with Crippen molar-refractivity contribution in [2.75, 3.05) is 0 Å². The molecular weight excluding hydrogens is 287 g/mol. The molecule has 0 radical (unpaired) electrons. The smallest absolute Gasteiger partial charge is 0.225 e. The molecule has 5 heteroatoms. The summed E-state index contributed by atoms with van der Waals surface area (Å²) >= 11 is 5.16. The fourth-order valence-electron chi connectivity index (χ4n) is 2.81. The minimum atomic E-state index is -0.607. The first-order valence-electron chi connectivity index (χ1n) is 7.27. The highest BCUT2D eigenvalue weighted by molar-refractivity contribution is 7.80. The van der Waals surface area contributed by atoms with E-state index in [4.69, 9.17) is 18.0 Å². The van der Waals surface area contributed by atoms with Gasteiger partial charge in [0.2, 0.25) is 5.91 Å². The number of hydrogen-bond acceptors (Lipinski definition) is 2. The van der Waals surface area contributed by atoms with E-state index < -0.39 is 5.54 Å². The van der Waals surface area contributed by atoms with Crippen LogP contribution in [0.3, 0.4) is 0 Å². The second-order valence-electron chi connectivity index (χ2n) is 5.95. The van der Waals surface area contributed by atoms with Gasteiger partial charge in [-0.25, -0.2) is 4.39 Å². The number of rotatable bonds is 4. The summed E-state index contributed by atoms with van der Waals surface area (Å²) in [5.41, 5.74) is 5.64. The van der Waals surface area contributed by atoms with Crippen molar-refractivity contribution >= 4 is 23.1 Å². The Morgan fingerprint density at radius 2 is 2.05 bits per heavy atom. The maximum atomic E-state index is 13.6. The average molecular weight is 308 g/mol. The third kappa shape index (κ3) is 3.79. The third-order valence-electron chi connectivity index (χ3n) is 4.29. The highest BCUT2D eigenvalue weighted by Crippen LogP contribution is 2.32. The Kier molecular flexibility index (Phi) is 4.93. The van der Waals surface area contributed by atoms with Crippen LogP contribution in [0.1, 0.15) is 38.2 Å². The molecule has 0 unspecified atom stereocenters. The summed E-state index contributed by atoms with van der Waals surface area (Å²) in [5, 5.41) is 2.96. The maximum absolute atomic E-state index is 13.6. The lowest BCUT2D eigenvalue weighted by molar-refractivity contribution is -0.122. The van der Waals surface area contributed by atoms with E-state index >= 15 is 0 Å². The molecule has 1 saturated carbocycles. The normalized spacial score (nSPS) is 25.3. The summed E-state index contributed by atoms with van der Waals surface area (Å²) in [6.07, 6.45) is 3.49. The van der Waals surface area contributed by atoms with Crippen LogP contribution in [0.25, 0.3) is 0 Å². The minimum Gasteiger partial charge on any atom is -0.391 e. The number of amides is 1. The van der Waals surface area contributed by atoms with Gasteiger partial charge in [-0.15, -0.1) is 0 Å². The fraction of sp³-hybridized carbons (Fsp3) is 0.500. The lowest BCUT2D eigenvalue weighted by atomic mass is 9.77. The van der Waals surface area contributed by atoms with Gasteiger partial charge >= 0.3 is 0 Å². The molecule has 114 valence electrons. The van der Waals surface area contributed by atoms with Crippen molar-refractivity contribution in [1.82, 2.24) is 5.32 Å². The largest absolute Gasteiger partial charge is 0.391 e. The van der Waals surface area contributed by atoms with Crippen molar-refractivity contribution in [3.05, 3.63) is 35.6 Å². The molecule has 0 aliphatic heterocycles. The van der Waals surface area contributed by atoms with Gasteiger partial charge in [-0.05, 0) is 43.2 Å². The van der Waals surface area contributed by atoms with Crippen molar-refractivity contribution in [3.63, 3.8) is 0 Å². The SMILES string of the molecule is CC1CCC(NC(=O)Cc2ccccc2F)(C(N)=S)CC1. The molecule has 0 heterocycles. The number of thiocarbonyl (C=S) groups is 1. The molecule has 1 aliphatic rings. The number of benzene rings is 1. The van der Waals surface area contributed by atoms with Gasteiger partial charge in [0.05, 0.1) is 16.9 Å². The Labute approximate surface area is 130 Å². The van der Waals surface area contributed by atoms with Crippen LogP contribution in [-0.2, 0) is 11.2 Å². The highest BCUT2D eigenvalue weighted by atomic mass is 32.1. The lowest BCUT2D eigenvalue weighted by Crippen LogP contribution is -2.58. The molecule has 0 spiro atoms. The Morgan fingerprint density at radius 1 is 1.43 bits per heavy atom. The predicted octanol–water partition coefficient (Wildman–Crippen LogP) is 2.72. The van der Waals surface area contributed by atoms with Gasteiger partial charge in [-0.3, -0.25) is 4.79 Å². The Bertz CT molecular complexity index is 539. The summed E-state index contributed by atoms with van der Waals surface area (Å²) in [6.45, 7) is 2.19.